The quantitative estimate of drug-likeness (QED) is 0.437. The molecule has 0 saturated heterocycles. The lowest BCUT2D eigenvalue weighted by Crippen LogP contribution is -2.31. The fourth-order valence-corrected chi connectivity index (χ4v) is 1.63. The van der Waals surface area contributed by atoms with Crippen molar-refractivity contribution in [3.05, 3.63) is 0 Å². The van der Waals surface area contributed by atoms with E-state index in [9.17, 15) is 9.67 Å². The average molecular weight is 198 g/mol. The Morgan fingerprint density at radius 2 is 2.08 bits per heavy atom. The molecule has 12 heavy (non-hydrogen) atoms. The molecule has 3 N–H and O–H groups in total. The van der Waals surface area contributed by atoms with E-state index in [1.807, 2.05) is 0 Å². The second-order valence-corrected chi connectivity index (χ2v) is 4.46. The van der Waals surface area contributed by atoms with Crippen molar-refractivity contribution in [2.45, 2.75) is 25.6 Å². The Bertz CT molecular complexity index is 177. The highest BCUT2D eigenvalue weighted by molar-refractivity contribution is 7.51. The normalized spacial score (nSPS) is 21.4. The maximum Gasteiger partial charge on any atom is 0.327 e. The molecule has 0 aromatic rings. The van der Waals surface area contributed by atoms with Crippen LogP contribution in [-0.2, 0) is 9.09 Å². The minimum absolute atomic E-state index is 0.0676. The van der Waals surface area contributed by atoms with Gasteiger partial charge in [-0.05, 0) is 6.42 Å². The predicted molar refractivity (Wildman–Crippen MR) is 43.8 cm³/mol. The highest BCUT2D eigenvalue weighted by Crippen LogP contribution is 2.43. The molecule has 0 aliphatic rings. The van der Waals surface area contributed by atoms with Gasteiger partial charge in [-0.2, -0.15) is 0 Å². The first-order valence-electron chi connectivity index (χ1n) is 3.67. The van der Waals surface area contributed by atoms with Crippen LogP contribution in [0.4, 0.5) is 0 Å². The van der Waals surface area contributed by atoms with E-state index in [4.69, 9.17) is 10.00 Å². The van der Waals surface area contributed by atoms with E-state index in [0.29, 0.717) is 0 Å². The molecule has 0 fully saturated rings. The summed E-state index contributed by atoms with van der Waals surface area (Å²) in [5.41, 5.74) is 0. The van der Waals surface area contributed by atoms with Crippen LogP contribution in [0.1, 0.15) is 19.8 Å². The summed E-state index contributed by atoms with van der Waals surface area (Å²) in [6.45, 7) is 2.31. The van der Waals surface area contributed by atoms with Crippen LogP contribution < -0.4 is 0 Å². The van der Waals surface area contributed by atoms with Crippen LogP contribution in [0, 0.1) is 0 Å². The van der Waals surface area contributed by atoms with Crippen LogP contribution >= 0.6 is 7.60 Å². The van der Waals surface area contributed by atoms with Gasteiger partial charge in [0.25, 0.3) is 0 Å². The Kier molecular flexibility index (Phi) is 4.37. The fourth-order valence-electron chi connectivity index (χ4n) is 0.777. The van der Waals surface area contributed by atoms with Crippen LogP contribution in [0.2, 0.25) is 0 Å². The van der Waals surface area contributed by atoms with Crippen molar-refractivity contribution in [3.63, 3.8) is 0 Å². The summed E-state index contributed by atoms with van der Waals surface area (Å²) in [6, 6.07) is 0. The van der Waals surface area contributed by atoms with E-state index in [-0.39, 0.29) is 19.4 Å². The third-order valence-electron chi connectivity index (χ3n) is 1.39. The van der Waals surface area contributed by atoms with Gasteiger partial charge in [0.15, 0.2) is 5.79 Å². The van der Waals surface area contributed by atoms with E-state index in [2.05, 4.69) is 4.52 Å². The van der Waals surface area contributed by atoms with Gasteiger partial charge in [-0.15, -0.1) is 0 Å². The number of rotatable bonds is 5. The molecule has 2 atom stereocenters. The molecule has 0 spiro atoms. The lowest BCUT2D eigenvalue weighted by molar-refractivity contribution is -0.153. The van der Waals surface area contributed by atoms with Crippen molar-refractivity contribution in [1.29, 1.82) is 0 Å². The van der Waals surface area contributed by atoms with Gasteiger partial charge in [0.2, 0.25) is 0 Å². The topological polar surface area (TPSA) is 87.0 Å². The van der Waals surface area contributed by atoms with Crippen LogP contribution in [0.25, 0.3) is 0 Å². The zero-order chi connectivity index (χ0) is 9.83. The molecule has 0 amide bonds. The molecule has 0 aliphatic heterocycles. The van der Waals surface area contributed by atoms with Gasteiger partial charge in [0.1, 0.15) is 0 Å². The Hall–Kier alpha value is 0.0700. The second-order valence-electron chi connectivity index (χ2n) is 2.67. The number of hydrogen-bond donors (Lipinski definition) is 3. The van der Waals surface area contributed by atoms with Crippen molar-refractivity contribution in [2.75, 3.05) is 13.3 Å². The fraction of sp³-hybridized carbons (Fsp3) is 1.00. The summed E-state index contributed by atoms with van der Waals surface area (Å²) in [5.74, 6) is -1.69. The Labute approximate surface area is 71.5 Å². The molecule has 0 heterocycles. The molecular weight excluding hydrogens is 183 g/mol. The molecule has 0 aromatic heterocycles. The minimum atomic E-state index is -3.69. The Morgan fingerprint density at radius 1 is 1.58 bits per heavy atom. The van der Waals surface area contributed by atoms with Crippen molar-refractivity contribution >= 4 is 7.60 Å². The van der Waals surface area contributed by atoms with Crippen molar-refractivity contribution < 1.29 is 24.2 Å². The molecule has 0 rings (SSSR count). The van der Waals surface area contributed by atoms with Gasteiger partial charge in [0, 0.05) is 19.7 Å². The molecule has 0 radical (unpaired) electrons. The highest BCUT2D eigenvalue weighted by atomic mass is 31.2. The lowest BCUT2D eigenvalue weighted by Gasteiger charge is -2.26. The summed E-state index contributed by atoms with van der Waals surface area (Å²) in [5, 5.41) is 18.0. The number of aliphatic hydroxyl groups is 2. The van der Waals surface area contributed by atoms with Crippen LogP contribution in [0.5, 0.6) is 0 Å². The largest absolute Gasteiger partial charge is 0.396 e. The molecule has 0 saturated carbocycles. The van der Waals surface area contributed by atoms with Gasteiger partial charge in [-0.25, -0.2) is 0 Å². The first-order valence-corrected chi connectivity index (χ1v) is 5.70. The van der Waals surface area contributed by atoms with E-state index in [1.165, 1.54) is 0 Å². The van der Waals surface area contributed by atoms with E-state index in [0.717, 1.165) is 6.66 Å². The van der Waals surface area contributed by atoms with Gasteiger partial charge < -0.3 is 15.1 Å². The summed E-state index contributed by atoms with van der Waals surface area (Å²) in [4.78, 5) is 8.80. The average Bonchev–Trinajstić information content (AvgIpc) is 1.84. The molecule has 0 bridgehead atoms. The first-order chi connectivity index (χ1) is 5.33. The zero-order valence-corrected chi connectivity index (χ0v) is 8.12. The van der Waals surface area contributed by atoms with Crippen LogP contribution in [0.3, 0.4) is 0 Å². The first kappa shape index (κ1) is 12.1. The molecule has 6 heteroatoms. The maximum atomic E-state index is 10.8. The van der Waals surface area contributed by atoms with Gasteiger partial charge >= 0.3 is 7.60 Å². The lowest BCUT2D eigenvalue weighted by atomic mass is 10.1. The summed E-state index contributed by atoms with van der Waals surface area (Å²) in [6.07, 6.45) is 0.0911. The van der Waals surface area contributed by atoms with Crippen LogP contribution in [0.15, 0.2) is 0 Å². The molecule has 2 unspecified atom stereocenters. The standard InChI is InChI=1S/C6H15O5P/c1-3-6(8,4-5-7)11-12(2,9)10/h7-8H,3-5H2,1-2H3,(H,9,10). The molecule has 0 aliphatic carbocycles. The predicted octanol–water partition coefficient (Wildman–Crippen LogP) is 0.299. The van der Waals surface area contributed by atoms with Crippen LogP contribution in [-0.4, -0.2) is 34.2 Å². The summed E-state index contributed by atoms with van der Waals surface area (Å²) < 4.78 is 15.3. The smallest absolute Gasteiger partial charge is 0.327 e. The van der Waals surface area contributed by atoms with Gasteiger partial charge in [0.05, 0.1) is 0 Å². The summed E-state index contributed by atoms with van der Waals surface area (Å²) in [7, 11) is -3.69. The summed E-state index contributed by atoms with van der Waals surface area (Å²) >= 11 is 0. The molecular formula is C6H15O5P. The second kappa shape index (κ2) is 4.35. The maximum absolute atomic E-state index is 10.8. The molecule has 74 valence electrons. The van der Waals surface area contributed by atoms with Gasteiger partial charge in [-0.1, -0.05) is 6.92 Å². The van der Waals surface area contributed by atoms with Crippen molar-refractivity contribution in [1.82, 2.24) is 0 Å². The molecule has 0 aromatic carbocycles. The molecule has 5 nitrogen and oxygen atoms in total. The minimum Gasteiger partial charge on any atom is -0.396 e. The number of hydrogen-bond acceptors (Lipinski definition) is 4. The third-order valence-corrected chi connectivity index (χ3v) is 2.07. The zero-order valence-electron chi connectivity index (χ0n) is 7.23. The SMILES string of the molecule is CCC(O)(CCO)OP(C)(=O)O. The van der Waals surface area contributed by atoms with Crippen molar-refractivity contribution in [2.24, 2.45) is 0 Å². The monoisotopic (exact) mass is 198 g/mol. The van der Waals surface area contributed by atoms with Gasteiger partial charge in [-0.3, -0.25) is 9.09 Å². The van der Waals surface area contributed by atoms with Crippen molar-refractivity contribution in [3.8, 4) is 0 Å². The Morgan fingerprint density at radius 3 is 2.33 bits per heavy atom. The highest BCUT2D eigenvalue weighted by Gasteiger charge is 2.31. The van der Waals surface area contributed by atoms with E-state index < -0.39 is 13.4 Å². The van der Waals surface area contributed by atoms with E-state index in [1.54, 1.807) is 6.92 Å². The Balaban J connectivity index is 4.23. The van der Waals surface area contributed by atoms with E-state index >= 15 is 0 Å². The number of aliphatic hydroxyl groups excluding tert-OH is 1. The third kappa shape index (κ3) is 4.85.